The Labute approximate surface area is 218 Å². The van der Waals surface area contributed by atoms with Crippen LogP contribution in [0.3, 0.4) is 0 Å². The minimum atomic E-state index is -4.69. The van der Waals surface area contributed by atoms with E-state index < -0.39 is 41.4 Å². The van der Waals surface area contributed by atoms with E-state index in [1.54, 1.807) is 13.8 Å². The molecule has 0 N–H and O–H groups in total. The molecule has 1 aliphatic heterocycles. The van der Waals surface area contributed by atoms with Crippen molar-refractivity contribution < 1.29 is 32.3 Å². The zero-order chi connectivity index (χ0) is 28.4. The van der Waals surface area contributed by atoms with Gasteiger partial charge in [-0.25, -0.2) is 4.79 Å². The fourth-order valence-electron chi connectivity index (χ4n) is 4.36. The molecule has 7 nitrogen and oxygen atoms in total. The largest absolute Gasteiger partial charge is 0.432 e. The van der Waals surface area contributed by atoms with E-state index in [0.29, 0.717) is 11.1 Å². The summed E-state index contributed by atoms with van der Waals surface area (Å²) in [6.45, 7) is 8.27. The van der Waals surface area contributed by atoms with Gasteiger partial charge in [0.2, 0.25) is 11.8 Å². The van der Waals surface area contributed by atoms with Gasteiger partial charge in [-0.15, -0.1) is 0 Å². The second-order valence-corrected chi connectivity index (χ2v) is 9.02. The van der Waals surface area contributed by atoms with Gasteiger partial charge < -0.3 is 9.64 Å². The van der Waals surface area contributed by atoms with Crippen LogP contribution in [-0.2, 0) is 25.3 Å². The molecular formula is C28H26F3N3O4. The molecule has 10 heteroatoms. The minimum absolute atomic E-state index is 0.00628. The zero-order valence-electron chi connectivity index (χ0n) is 21.2. The monoisotopic (exact) mass is 525 g/mol. The lowest BCUT2D eigenvalue weighted by atomic mass is 9.75. The third-order valence-corrected chi connectivity index (χ3v) is 6.49. The Morgan fingerprint density at radius 2 is 1.82 bits per heavy atom. The first-order valence-electron chi connectivity index (χ1n) is 11.6. The number of esters is 1. The van der Waals surface area contributed by atoms with Crippen LogP contribution >= 0.6 is 0 Å². The van der Waals surface area contributed by atoms with Crippen LogP contribution in [0.1, 0.15) is 43.4 Å². The first-order chi connectivity index (χ1) is 17.8. The molecule has 0 aromatic heterocycles. The highest BCUT2D eigenvalue weighted by Gasteiger charge is 2.50. The number of allylic oxidation sites excluding steroid dienone is 1. The van der Waals surface area contributed by atoms with Gasteiger partial charge in [0.05, 0.1) is 29.0 Å². The predicted octanol–water partition coefficient (Wildman–Crippen LogP) is 5.15. The number of carbonyl (C=O) groups is 3. The Hall–Kier alpha value is -4.39. The van der Waals surface area contributed by atoms with Crippen molar-refractivity contribution in [2.24, 2.45) is 5.92 Å². The van der Waals surface area contributed by atoms with Crippen LogP contribution in [-0.4, -0.2) is 35.8 Å². The maximum atomic E-state index is 14.0. The van der Waals surface area contributed by atoms with Crippen LogP contribution in [0.2, 0.25) is 0 Å². The molecule has 38 heavy (non-hydrogen) atoms. The molecule has 198 valence electrons. The summed E-state index contributed by atoms with van der Waals surface area (Å²) in [7, 11) is 1.50. The lowest BCUT2D eigenvalue weighted by molar-refractivity contribution is -0.143. The molecule has 0 radical (unpaired) electrons. The number of nitrogens with zero attached hydrogens (tertiary/aromatic N) is 3. The van der Waals surface area contributed by atoms with Crippen molar-refractivity contribution in [3.63, 3.8) is 0 Å². The quantitative estimate of drug-likeness (QED) is 0.296. The number of hydrogen-bond acceptors (Lipinski definition) is 5. The molecule has 2 unspecified atom stereocenters. The van der Waals surface area contributed by atoms with E-state index in [1.807, 2.05) is 6.07 Å². The van der Waals surface area contributed by atoms with Crippen LogP contribution in [0.5, 0.6) is 0 Å². The number of nitriles is 1. The number of benzene rings is 2. The molecule has 2 aromatic rings. The van der Waals surface area contributed by atoms with Gasteiger partial charge in [0.1, 0.15) is 5.92 Å². The highest BCUT2D eigenvalue weighted by Crippen LogP contribution is 2.44. The van der Waals surface area contributed by atoms with Crippen molar-refractivity contribution in [1.29, 1.82) is 5.26 Å². The number of alkyl halides is 3. The maximum Gasteiger partial charge on any atom is 0.416 e. The Morgan fingerprint density at radius 1 is 1.18 bits per heavy atom. The standard InChI is InChI=1S/C28H26F3N3O4/c1-6-38-27(37)22-17(4)34(21-9-7-8-20(14-21)28(29,30)31)26(36)24(25(35)33(5)16(2)3)23(22)19-12-10-18(15-32)11-13-19/h6-14,16,23-24H,1H2,2-5H3. The van der Waals surface area contributed by atoms with E-state index in [2.05, 4.69) is 6.58 Å². The van der Waals surface area contributed by atoms with Gasteiger partial charge in [-0.3, -0.25) is 14.5 Å². The molecule has 2 amide bonds. The Bertz CT molecular complexity index is 1340. The van der Waals surface area contributed by atoms with Crippen LogP contribution in [0.15, 0.2) is 72.6 Å². The number of rotatable bonds is 6. The van der Waals surface area contributed by atoms with Gasteiger partial charge in [-0.05, 0) is 56.7 Å². The Morgan fingerprint density at radius 3 is 2.34 bits per heavy atom. The van der Waals surface area contributed by atoms with Crippen LogP contribution in [0, 0.1) is 17.2 Å². The molecule has 0 saturated heterocycles. The van der Waals surface area contributed by atoms with Gasteiger partial charge in [0.25, 0.3) is 0 Å². The van der Waals surface area contributed by atoms with E-state index in [4.69, 9.17) is 4.74 Å². The highest BCUT2D eigenvalue weighted by atomic mass is 19.4. The molecule has 0 aliphatic carbocycles. The lowest BCUT2D eigenvalue weighted by Crippen LogP contribution is -2.52. The second kappa shape index (κ2) is 10.9. The molecule has 3 rings (SSSR count). The van der Waals surface area contributed by atoms with Gasteiger partial charge in [-0.2, -0.15) is 18.4 Å². The SMILES string of the molecule is C=COC(=O)C1=C(C)N(c2cccc(C(F)(F)F)c2)C(=O)C(C(=O)N(C)C(C)C)C1c1ccc(C#N)cc1. The molecule has 0 spiro atoms. The molecule has 1 aliphatic rings. The van der Waals surface area contributed by atoms with E-state index in [-0.39, 0.29) is 23.0 Å². The summed E-state index contributed by atoms with van der Waals surface area (Å²) in [6.07, 6.45) is -3.80. The summed E-state index contributed by atoms with van der Waals surface area (Å²) in [5.41, 5.74) is -0.544. The van der Waals surface area contributed by atoms with Crippen LogP contribution < -0.4 is 4.90 Å². The van der Waals surface area contributed by atoms with Gasteiger partial charge in [-0.1, -0.05) is 24.8 Å². The fraction of sp³-hybridized carbons (Fsp3) is 0.286. The summed E-state index contributed by atoms with van der Waals surface area (Å²) >= 11 is 0. The predicted molar refractivity (Wildman–Crippen MR) is 133 cm³/mol. The van der Waals surface area contributed by atoms with E-state index >= 15 is 0 Å². The molecule has 0 fully saturated rings. The summed E-state index contributed by atoms with van der Waals surface area (Å²) in [4.78, 5) is 43.3. The third-order valence-electron chi connectivity index (χ3n) is 6.49. The van der Waals surface area contributed by atoms with E-state index in [9.17, 15) is 32.8 Å². The Kier molecular flexibility index (Phi) is 8.10. The first-order valence-corrected chi connectivity index (χ1v) is 11.6. The summed E-state index contributed by atoms with van der Waals surface area (Å²) in [5.74, 6) is -5.00. The number of hydrogen-bond donors (Lipinski definition) is 0. The topological polar surface area (TPSA) is 90.7 Å². The highest BCUT2D eigenvalue weighted by molar-refractivity contribution is 6.14. The normalized spacial score (nSPS) is 17.8. The van der Waals surface area contributed by atoms with Crippen molar-refractivity contribution in [1.82, 2.24) is 4.90 Å². The second-order valence-electron chi connectivity index (χ2n) is 9.02. The van der Waals surface area contributed by atoms with Crippen molar-refractivity contribution in [3.05, 3.63) is 89.3 Å². The average molecular weight is 526 g/mol. The first kappa shape index (κ1) is 28.2. The van der Waals surface area contributed by atoms with Crippen molar-refractivity contribution in [2.45, 2.75) is 38.9 Å². The van der Waals surface area contributed by atoms with E-state index in [1.165, 1.54) is 49.2 Å². The molecule has 1 heterocycles. The van der Waals surface area contributed by atoms with Gasteiger partial charge >= 0.3 is 12.1 Å². The fourth-order valence-corrected chi connectivity index (χ4v) is 4.36. The van der Waals surface area contributed by atoms with E-state index in [0.717, 1.165) is 29.4 Å². The Balaban J connectivity index is 2.36. The van der Waals surface area contributed by atoms with Crippen LogP contribution in [0.25, 0.3) is 0 Å². The van der Waals surface area contributed by atoms with Gasteiger partial charge in [0, 0.05) is 30.4 Å². The minimum Gasteiger partial charge on any atom is -0.432 e. The molecule has 0 bridgehead atoms. The van der Waals surface area contributed by atoms with Crippen LogP contribution in [0.4, 0.5) is 18.9 Å². The van der Waals surface area contributed by atoms with Crippen molar-refractivity contribution in [2.75, 3.05) is 11.9 Å². The molecule has 0 saturated carbocycles. The number of ether oxygens (including phenoxy) is 1. The third kappa shape index (κ3) is 5.32. The molecular weight excluding hydrogens is 499 g/mol. The summed E-state index contributed by atoms with van der Waals surface area (Å²) in [6, 6.07) is 11.8. The number of carbonyl (C=O) groups excluding carboxylic acids is 3. The number of halogens is 3. The average Bonchev–Trinajstić information content (AvgIpc) is 2.87. The lowest BCUT2D eigenvalue weighted by Gasteiger charge is -2.40. The zero-order valence-corrected chi connectivity index (χ0v) is 21.2. The van der Waals surface area contributed by atoms with Gasteiger partial charge in [0.15, 0.2) is 0 Å². The smallest absolute Gasteiger partial charge is 0.416 e. The molecule has 2 atom stereocenters. The summed E-state index contributed by atoms with van der Waals surface area (Å²) < 4.78 is 45.5. The van der Waals surface area contributed by atoms with Crippen molar-refractivity contribution in [3.8, 4) is 6.07 Å². The number of amides is 2. The maximum absolute atomic E-state index is 14.0. The number of anilines is 1. The van der Waals surface area contributed by atoms with Crippen molar-refractivity contribution >= 4 is 23.5 Å². The summed E-state index contributed by atoms with van der Waals surface area (Å²) in [5, 5.41) is 9.20. The molecule has 2 aromatic carbocycles.